The summed E-state index contributed by atoms with van der Waals surface area (Å²) in [7, 11) is 0. The van der Waals surface area contributed by atoms with Gasteiger partial charge in [-0.25, -0.2) is 4.98 Å². The Morgan fingerprint density at radius 2 is 1.90 bits per heavy atom. The molecule has 1 aliphatic carbocycles. The minimum Gasteiger partial charge on any atom is -0.360 e. The number of halogens is 3. The van der Waals surface area contributed by atoms with Crippen molar-refractivity contribution in [1.29, 1.82) is 5.26 Å². The molecule has 1 aromatic heterocycles. The number of nitrogens with one attached hydrogen (secondary N) is 1. The van der Waals surface area contributed by atoms with Gasteiger partial charge in [-0.3, -0.25) is 4.79 Å². The number of thiocarbonyl (C=S) groups is 1. The third kappa shape index (κ3) is 8.39. The number of nitrogens with two attached hydrogens (primary N) is 1. The van der Waals surface area contributed by atoms with Crippen molar-refractivity contribution < 1.29 is 18.0 Å². The topological polar surface area (TPSA) is 100.0 Å². The average molecular weight is 597 g/mol. The summed E-state index contributed by atoms with van der Waals surface area (Å²) in [4.78, 5) is 19.6. The third-order valence-corrected chi connectivity index (χ3v) is 8.03. The molecule has 0 saturated heterocycles. The largest absolute Gasteiger partial charge is 0.416 e. The lowest BCUT2D eigenvalue weighted by atomic mass is 9.95. The van der Waals surface area contributed by atoms with Gasteiger partial charge in [0.1, 0.15) is 5.78 Å². The highest BCUT2D eigenvalue weighted by molar-refractivity contribution is 7.80. The van der Waals surface area contributed by atoms with Crippen molar-refractivity contribution in [2.75, 3.05) is 13.1 Å². The number of carbonyl (C=O) groups excluding carboxylic acids is 1. The van der Waals surface area contributed by atoms with E-state index in [-0.39, 0.29) is 43.4 Å². The van der Waals surface area contributed by atoms with Crippen molar-refractivity contribution in [3.8, 4) is 6.07 Å². The van der Waals surface area contributed by atoms with Gasteiger partial charge in [-0.1, -0.05) is 43.2 Å². The number of aromatic nitrogens is 2. The molecule has 1 heterocycles. The molecule has 4 rings (SSSR count). The van der Waals surface area contributed by atoms with Crippen molar-refractivity contribution in [3.05, 3.63) is 89.0 Å². The fourth-order valence-electron chi connectivity index (χ4n) is 5.36. The van der Waals surface area contributed by atoms with Gasteiger partial charge in [0.25, 0.3) is 0 Å². The fourth-order valence-corrected chi connectivity index (χ4v) is 5.66. The number of imidazole rings is 1. The van der Waals surface area contributed by atoms with Gasteiger partial charge in [0.15, 0.2) is 5.11 Å². The SMILES string of the molecule is N#Cc1ccc(Cn2cncc2CC(=O)[C@@H](CCN)CN(Cc2ccccc2C(F)(F)F)C(=S)NC2CCCC2)cc1. The fraction of sp³-hybridized carbons (Fsp3) is 0.419. The standard InChI is InChI=1S/C31H35F3N6OS/c32-31(33,34)28-8-4-1-5-24(28)19-39(30(42)38-26-6-2-3-7-26)20-25(13-14-35)29(41)15-27-17-37-21-40(27)18-23-11-9-22(16-36)10-12-23/h1,4-5,8-12,17,21,25-26H,2-3,6-7,13-15,18-20,35H2,(H,38,42)/t25-/m0/s1. The van der Waals surface area contributed by atoms with Crippen molar-refractivity contribution in [2.24, 2.45) is 11.7 Å². The van der Waals surface area contributed by atoms with Gasteiger partial charge in [-0.15, -0.1) is 0 Å². The Morgan fingerprint density at radius 3 is 2.57 bits per heavy atom. The molecule has 222 valence electrons. The van der Waals surface area contributed by atoms with Gasteiger partial charge in [0.2, 0.25) is 0 Å². The minimum absolute atomic E-state index is 0.0835. The molecule has 0 amide bonds. The second kappa shape index (κ2) is 14.4. The number of alkyl halides is 3. The van der Waals surface area contributed by atoms with Crippen molar-refractivity contribution in [2.45, 2.75) is 63.8 Å². The predicted octanol–water partition coefficient (Wildman–Crippen LogP) is 5.22. The van der Waals surface area contributed by atoms with Crippen LogP contribution in [0.15, 0.2) is 61.1 Å². The molecule has 7 nitrogen and oxygen atoms in total. The molecule has 0 unspecified atom stereocenters. The summed E-state index contributed by atoms with van der Waals surface area (Å²) in [6.45, 7) is 0.784. The summed E-state index contributed by atoms with van der Waals surface area (Å²) in [6, 6.07) is 14.9. The smallest absolute Gasteiger partial charge is 0.360 e. The molecular weight excluding hydrogens is 561 g/mol. The van der Waals surface area contributed by atoms with E-state index in [9.17, 15) is 18.0 Å². The molecule has 1 atom stereocenters. The van der Waals surface area contributed by atoms with Crippen molar-refractivity contribution in [3.63, 3.8) is 0 Å². The summed E-state index contributed by atoms with van der Waals surface area (Å²) in [5, 5.41) is 12.7. The number of hydrogen-bond donors (Lipinski definition) is 2. The first-order chi connectivity index (χ1) is 20.2. The van der Waals surface area contributed by atoms with E-state index in [1.807, 2.05) is 16.7 Å². The molecule has 0 bridgehead atoms. The van der Waals surface area contributed by atoms with Crippen LogP contribution in [0.4, 0.5) is 13.2 Å². The highest BCUT2D eigenvalue weighted by atomic mass is 32.1. The first kappa shape index (κ1) is 31.2. The van der Waals surface area contributed by atoms with E-state index in [0.29, 0.717) is 29.3 Å². The lowest BCUT2D eigenvalue weighted by molar-refractivity contribution is -0.138. The van der Waals surface area contributed by atoms with Crippen LogP contribution in [0.1, 0.15) is 60.1 Å². The Labute approximate surface area is 249 Å². The van der Waals surface area contributed by atoms with E-state index in [0.717, 1.165) is 37.3 Å². The number of benzene rings is 2. The van der Waals surface area contributed by atoms with Crippen LogP contribution in [0, 0.1) is 17.2 Å². The summed E-state index contributed by atoms with van der Waals surface area (Å²) in [5.41, 5.74) is 7.52. The van der Waals surface area contributed by atoms with Crippen LogP contribution in [-0.4, -0.2) is 44.5 Å². The zero-order valence-corrected chi connectivity index (χ0v) is 24.1. The summed E-state index contributed by atoms with van der Waals surface area (Å²) in [6.07, 6.45) is 3.28. The molecule has 2 aromatic carbocycles. The second-order valence-corrected chi connectivity index (χ2v) is 11.1. The molecule has 0 aliphatic heterocycles. The summed E-state index contributed by atoms with van der Waals surface area (Å²) < 4.78 is 43.3. The monoisotopic (exact) mass is 596 g/mol. The minimum atomic E-state index is -4.51. The van der Waals surface area contributed by atoms with E-state index >= 15 is 0 Å². The zero-order valence-electron chi connectivity index (χ0n) is 23.3. The van der Waals surface area contributed by atoms with Crippen molar-refractivity contribution in [1.82, 2.24) is 19.8 Å². The molecule has 1 fully saturated rings. The number of nitriles is 1. The molecule has 1 aliphatic rings. The molecule has 11 heteroatoms. The Bertz CT molecular complexity index is 1390. The summed E-state index contributed by atoms with van der Waals surface area (Å²) >= 11 is 5.72. The number of hydrogen-bond acceptors (Lipinski definition) is 5. The van der Waals surface area contributed by atoms with Crippen LogP contribution in [0.2, 0.25) is 0 Å². The molecule has 0 radical (unpaired) electrons. The molecule has 3 N–H and O–H groups in total. The lowest BCUT2D eigenvalue weighted by Crippen LogP contribution is -2.46. The number of rotatable bonds is 12. The Hall–Kier alpha value is -3.75. The normalized spacial score (nSPS) is 14.4. The number of Topliss-reactive ketones (excluding diaryl/α,β-unsaturated/α-hetero) is 1. The van der Waals surface area contributed by atoms with E-state index < -0.39 is 17.7 Å². The Morgan fingerprint density at radius 1 is 1.19 bits per heavy atom. The molecule has 42 heavy (non-hydrogen) atoms. The highest BCUT2D eigenvalue weighted by Gasteiger charge is 2.34. The molecule has 3 aromatic rings. The van der Waals surface area contributed by atoms with Crippen molar-refractivity contribution >= 4 is 23.1 Å². The predicted molar refractivity (Wildman–Crippen MR) is 158 cm³/mol. The molecular formula is C31H35F3N6OS. The van der Waals surface area contributed by atoms with Crippen LogP contribution >= 0.6 is 12.2 Å². The van der Waals surface area contributed by atoms with Gasteiger partial charge >= 0.3 is 6.18 Å². The summed E-state index contributed by atoms with van der Waals surface area (Å²) in [5.74, 6) is -0.630. The molecule has 1 saturated carbocycles. The van der Waals surface area contributed by atoms with Crippen LogP contribution in [-0.2, 0) is 30.5 Å². The van der Waals surface area contributed by atoms with E-state index in [1.54, 1.807) is 35.6 Å². The number of ketones is 1. The van der Waals surface area contributed by atoms with Crippen LogP contribution < -0.4 is 11.1 Å². The van der Waals surface area contributed by atoms with E-state index in [2.05, 4.69) is 16.4 Å². The van der Waals surface area contributed by atoms with Gasteiger partial charge < -0.3 is 20.5 Å². The number of nitrogens with zero attached hydrogens (tertiary/aromatic N) is 4. The maximum Gasteiger partial charge on any atom is 0.416 e. The van der Waals surface area contributed by atoms with Gasteiger partial charge in [0, 0.05) is 49.9 Å². The Kier molecular flexibility index (Phi) is 10.7. The van der Waals surface area contributed by atoms with E-state index in [4.69, 9.17) is 23.2 Å². The maximum atomic E-state index is 13.8. The maximum absolute atomic E-state index is 13.8. The second-order valence-electron chi connectivity index (χ2n) is 10.7. The molecule has 0 spiro atoms. The van der Waals surface area contributed by atoms with Crippen LogP contribution in [0.5, 0.6) is 0 Å². The zero-order chi connectivity index (χ0) is 30.1. The highest BCUT2D eigenvalue weighted by Crippen LogP contribution is 2.32. The van der Waals surface area contributed by atoms with Gasteiger partial charge in [-0.05, 0) is 67.4 Å². The Balaban J connectivity index is 1.53. The lowest BCUT2D eigenvalue weighted by Gasteiger charge is -2.32. The van der Waals surface area contributed by atoms with Gasteiger partial charge in [-0.2, -0.15) is 18.4 Å². The van der Waals surface area contributed by atoms with Gasteiger partial charge in [0.05, 0.1) is 23.5 Å². The van der Waals surface area contributed by atoms with Crippen LogP contribution in [0.25, 0.3) is 0 Å². The van der Waals surface area contributed by atoms with Crippen LogP contribution in [0.3, 0.4) is 0 Å². The number of carbonyl (C=O) groups is 1. The third-order valence-electron chi connectivity index (χ3n) is 7.66. The van der Waals surface area contributed by atoms with E-state index in [1.165, 1.54) is 12.1 Å². The average Bonchev–Trinajstić information content (AvgIpc) is 3.64. The first-order valence-corrected chi connectivity index (χ1v) is 14.5. The first-order valence-electron chi connectivity index (χ1n) is 14.1. The quantitative estimate of drug-likeness (QED) is 0.277.